The fourth-order valence-corrected chi connectivity index (χ4v) is 2.29. The molecule has 0 aliphatic carbocycles. The Bertz CT molecular complexity index is 249. The minimum absolute atomic E-state index is 0.0187. The molecule has 0 radical (unpaired) electrons. The van der Waals surface area contributed by atoms with Gasteiger partial charge < -0.3 is 10.2 Å². The Labute approximate surface area is 88.9 Å². The lowest BCUT2D eigenvalue weighted by atomic mass is 10.3. The first kappa shape index (κ1) is 8.63. The molecule has 12 heavy (non-hydrogen) atoms. The Morgan fingerprint density at radius 2 is 2.50 bits per heavy atom. The zero-order chi connectivity index (χ0) is 8.60. The molecule has 2 nitrogen and oxygen atoms in total. The lowest BCUT2D eigenvalue weighted by Crippen LogP contribution is -2.36. The summed E-state index contributed by atoms with van der Waals surface area (Å²) in [5, 5.41) is 4.34. The largest absolute Gasteiger partial charge is 0.354 e. The van der Waals surface area contributed by atoms with Crippen LogP contribution in [0.5, 0.6) is 0 Å². The van der Waals surface area contributed by atoms with Gasteiger partial charge in [-0.25, -0.2) is 0 Å². The molecule has 0 aromatic heterocycles. The van der Waals surface area contributed by atoms with Crippen LogP contribution in [0.4, 0.5) is 0 Å². The monoisotopic (exact) mass is 292 g/mol. The van der Waals surface area contributed by atoms with Crippen LogP contribution in [0.1, 0.15) is 0 Å². The van der Waals surface area contributed by atoms with E-state index in [-0.39, 0.29) is 4.45 Å². The molecular formula is C8H10Br2N2. The summed E-state index contributed by atoms with van der Waals surface area (Å²) in [6.45, 7) is 2.02. The average molecular weight is 294 g/mol. The van der Waals surface area contributed by atoms with Crippen LogP contribution in [0.15, 0.2) is 24.0 Å². The maximum atomic E-state index is 3.67. The van der Waals surface area contributed by atoms with E-state index in [4.69, 9.17) is 0 Å². The van der Waals surface area contributed by atoms with Crippen LogP contribution in [0.25, 0.3) is 0 Å². The van der Waals surface area contributed by atoms with Gasteiger partial charge in [0, 0.05) is 11.9 Å². The molecule has 0 bridgehead atoms. The van der Waals surface area contributed by atoms with E-state index < -0.39 is 0 Å². The van der Waals surface area contributed by atoms with Crippen molar-refractivity contribution in [3.05, 3.63) is 24.0 Å². The number of alkyl halides is 2. The van der Waals surface area contributed by atoms with Gasteiger partial charge >= 0.3 is 0 Å². The van der Waals surface area contributed by atoms with E-state index in [1.54, 1.807) is 0 Å². The van der Waals surface area contributed by atoms with Crippen molar-refractivity contribution in [1.29, 1.82) is 0 Å². The third-order valence-corrected chi connectivity index (χ3v) is 4.50. The summed E-state index contributed by atoms with van der Waals surface area (Å²) in [5.41, 5.74) is 0. The second kappa shape index (κ2) is 3.07. The van der Waals surface area contributed by atoms with Crippen LogP contribution in [-0.4, -0.2) is 27.8 Å². The Morgan fingerprint density at radius 1 is 1.67 bits per heavy atom. The van der Waals surface area contributed by atoms with Crippen LogP contribution in [0.2, 0.25) is 0 Å². The molecule has 1 fully saturated rings. The molecule has 0 amide bonds. The first-order valence-corrected chi connectivity index (χ1v) is 5.80. The second-order valence-electron chi connectivity index (χ2n) is 3.08. The number of rotatable bonds is 1. The molecule has 1 saturated heterocycles. The highest BCUT2D eigenvalue weighted by Crippen LogP contribution is 2.29. The fraction of sp³-hybridized carbons (Fsp3) is 0.500. The van der Waals surface area contributed by atoms with Gasteiger partial charge in [-0.05, 0) is 6.08 Å². The van der Waals surface area contributed by atoms with E-state index in [9.17, 15) is 0 Å². The molecule has 1 atom stereocenters. The minimum atomic E-state index is 0.0187. The van der Waals surface area contributed by atoms with Gasteiger partial charge in [0.2, 0.25) is 0 Å². The first-order chi connectivity index (χ1) is 5.73. The maximum absolute atomic E-state index is 3.67. The summed E-state index contributed by atoms with van der Waals surface area (Å²) in [6.07, 6.45) is 6.36. The van der Waals surface area contributed by atoms with Crippen molar-refractivity contribution in [3.63, 3.8) is 0 Å². The van der Waals surface area contributed by atoms with Gasteiger partial charge in [0.25, 0.3) is 0 Å². The molecule has 4 heteroatoms. The van der Waals surface area contributed by atoms with Crippen LogP contribution in [0, 0.1) is 0 Å². The highest BCUT2D eigenvalue weighted by Gasteiger charge is 2.36. The molecule has 1 unspecified atom stereocenters. The Morgan fingerprint density at radius 3 is 3.17 bits per heavy atom. The number of nitrogens with one attached hydrogen (secondary N) is 1. The predicted molar refractivity (Wildman–Crippen MR) is 57.4 cm³/mol. The van der Waals surface area contributed by atoms with Gasteiger partial charge in [-0.1, -0.05) is 44.0 Å². The van der Waals surface area contributed by atoms with Gasteiger partial charge in [0.15, 0.2) is 0 Å². The molecule has 2 rings (SSSR count). The normalized spacial score (nSPS) is 32.8. The summed E-state index contributed by atoms with van der Waals surface area (Å²) in [5.74, 6) is 1.22. The third kappa shape index (κ3) is 1.42. The number of nitrogens with zero attached hydrogens (tertiary/aromatic N) is 1. The topological polar surface area (TPSA) is 15.3 Å². The predicted octanol–water partition coefficient (Wildman–Crippen LogP) is 1.79. The maximum Gasteiger partial charge on any atom is 0.121 e. The highest BCUT2D eigenvalue weighted by molar-refractivity contribution is 9.12. The Kier molecular flexibility index (Phi) is 2.21. The summed E-state index contributed by atoms with van der Waals surface area (Å²) in [7, 11) is 0. The zero-order valence-electron chi connectivity index (χ0n) is 6.56. The molecule has 0 aromatic carbocycles. The van der Waals surface area contributed by atoms with Crippen LogP contribution < -0.4 is 5.32 Å². The Balaban J connectivity index is 2.17. The molecular weight excluding hydrogens is 284 g/mol. The van der Waals surface area contributed by atoms with Crippen molar-refractivity contribution in [2.75, 3.05) is 18.4 Å². The smallest absolute Gasteiger partial charge is 0.121 e. The molecule has 0 saturated carbocycles. The summed E-state index contributed by atoms with van der Waals surface area (Å²) in [6, 6.07) is 0. The van der Waals surface area contributed by atoms with Crippen molar-refractivity contribution < 1.29 is 0 Å². The van der Waals surface area contributed by atoms with Crippen molar-refractivity contribution in [1.82, 2.24) is 10.2 Å². The zero-order valence-corrected chi connectivity index (χ0v) is 9.73. The van der Waals surface area contributed by atoms with E-state index in [1.165, 1.54) is 5.82 Å². The van der Waals surface area contributed by atoms with Crippen LogP contribution >= 0.6 is 31.9 Å². The SMILES string of the molecule is BrCC1(Br)CN2CC=CC=C2N1. The number of fused-ring (bicyclic) bond motifs is 1. The number of hydrogen-bond acceptors (Lipinski definition) is 2. The molecule has 1 N–H and O–H groups in total. The third-order valence-electron chi connectivity index (χ3n) is 2.06. The van der Waals surface area contributed by atoms with Crippen molar-refractivity contribution in [2.24, 2.45) is 0 Å². The van der Waals surface area contributed by atoms with Gasteiger partial charge in [-0.15, -0.1) is 0 Å². The molecule has 2 heterocycles. The lowest BCUT2D eigenvalue weighted by molar-refractivity contribution is 0.419. The van der Waals surface area contributed by atoms with E-state index >= 15 is 0 Å². The average Bonchev–Trinajstić information content (AvgIpc) is 2.42. The molecule has 0 aromatic rings. The van der Waals surface area contributed by atoms with Gasteiger partial charge in [-0.2, -0.15) is 0 Å². The quantitative estimate of drug-likeness (QED) is 0.586. The van der Waals surface area contributed by atoms with Gasteiger partial charge in [0.05, 0.1) is 6.54 Å². The molecule has 2 aliphatic rings. The molecule has 2 aliphatic heterocycles. The van der Waals surface area contributed by atoms with Crippen molar-refractivity contribution >= 4 is 31.9 Å². The standard InChI is InChI=1S/C8H10Br2N2/c9-5-8(10)6-12-4-2-1-3-7(12)11-8/h1-3,11H,4-6H2. The minimum Gasteiger partial charge on any atom is -0.354 e. The second-order valence-corrected chi connectivity index (χ2v) is 5.16. The van der Waals surface area contributed by atoms with E-state index in [0.29, 0.717) is 0 Å². The number of allylic oxidation sites excluding steroid dienone is 2. The number of halogens is 2. The molecule has 66 valence electrons. The summed E-state index contributed by atoms with van der Waals surface area (Å²) in [4.78, 5) is 2.32. The van der Waals surface area contributed by atoms with Gasteiger partial charge in [0.1, 0.15) is 10.3 Å². The Hall–Kier alpha value is 0.0400. The van der Waals surface area contributed by atoms with E-state index in [1.807, 2.05) is 0 Å². The van der Waals surface area contributed by atoms with Crippen LogP contribution in [-0.2, 0) is 0 Å². The van der Waals surface area contributed by atoms with Crippen molar-refractivity contribution in [3.8, 4) is 0 Å². The molecule has 0 spiro atoms. The number of hydrogen-bond donors (Lipinski definition) is 1. The lowest BCUT2D eigenvalue weighted by Gasteiger charge is -2.19. The van der Waals surface area contributed by atoms with E-state index in [2.05, 4.69) is 60.3 Å². The first-order valence-electron chi connectivity index (χ1n) is 3.88. The van der Waals surface area contributed by atoms with E-state index in [0.717, 1.165) is 18.4 Å². The van der Waals surface area contributed by atoms with Crippen molar-refractivity contribution in [2.45, 2.75) is 4.45 Å². The highest BCUT2D eigenvalue weighted by atomic mass is 79.9. The summed E-state index contributed by atoms with van der Waals surface area (Å²) >= 11 is 7.15. The summed E-state index contributed by atoms with van der Waals surface area (Å²) < 4.78 is 0.0187. The van der Waals surface area contributed by atoms with Crippen LogP contribution in [0.3, 0.4) is 0 Å². The fourth-order valence-electron chi connectivity index (χ4n) is 1.47. The van der Waals surface area contributed by atoms with Gasteiger partial charge in [-0.3, -0.25) is 0 Å².